The van der Waals surface area contributed by atoms with E-state index in [1.54, 1.807) is 24.3 Å². The fourth-order valence-corrected chi connectivity index (χ4v) is 2.15. The predicted molar refractivity (Wildman–Crippen MR) is 76.2 cm³/mol. The Balaban J connectivity index is 2.15. The molecular weight excluding hydrogens is 293 g/mol. The number of anilines is 1. The lowest BCUT2D eigenvalue weighted by Crippen LogP contribution is -2.07. The zero-order chi connectivity index (χ0) is 15.7. The Morgan fingerprint density at radius 2 is 1.68 bits per heavy atom. The standard InChI is InChI=1S/C15H11F3N4/c16-15(17,18)11-7-4-8-12(9-11)22-13(14(19)20-21-22)10-5-2-1-3-6-10/h1-9H,19H2. The average molecular weight is 304 g/mol. The highest BCUT2D eigenvalue weighted by Gasteiger charge is 2.30. The van der Waals surface area contributed by atoms with Crippen LogP contribution in [0.3, 0.4) is 0 Å². The van der Waals surface area contributed by atoms with Crippen LogP contribution < -0.4 is 5.73 Å². The van der Waals surface area contributed by atoms with E-state index in [2.05, 4.69) is 10.3 Å². The van der Waals surface area contributed by atoms with Crippen molar-refractivity contribution in [1.29, 1.82) is 0 Å². The molecule has 1 heterocycles. The van der Waals surface area contributed by atoms with Crippen LogP contribution in [-0.2, 0) is 6.18 Å². The number of halogens is 3. The lowest BCUT2D eigenvalue weighted by molar-refractivity contribution is -0.137. The van der Waals surface area contributed by atoms with Crippen molar-refractivity contribution in [1.82, 2.24) is 15.0 Å². The van der Waals surface area contributed by atoms with Crippen LogP contribution in [0.5, 0.6) is 0 Å². The molecule has 112 valence electrons. The van der Waals surface area contributed by atoms with Crippen molar-refractivity contribution in [3.8, 4) is 16.9 Å². The molecule has 0 atom stereocenters. The molecule has 2 aromatic carbocycles. The molecule has 0 saturated carbocycles. The Kier molecular flexibility index (Phi) is 3.32. The molecule has 0 aliphatic rings. The van der Waals surface area contributed by atoms with E-state index in [4.69, 9.17) is 5.73 Å². The monoisotopic (exact) mass is 304 g/mol. The van der Waals surface area contributed by atoms with Gasteiger partial charge in [0.25, 0.3) is 0 Å². The highest BCUT2D eigenvalue weighted by Crippen LogP contribution is 2.32. The van der Waals surface area contributed by atoms with E-state index in [0.29, 0.717) is 5.69 Å². The molecule has 22 heavy (non-hydrogen) atoms. The van der Waals surface area contributed by atoms with Crippen molar-refractivity contribution in [2.45, 2.75) is 6.18 Å². The Bertz CT molecular complexity index is 794. The quantitative estimate of drug-likeness (QED) is 0.788. The molecule has 0 aliphatic heterocycles. The molecule has 0 bridgehead atoms. The molecule has 0 saturated heterocycles. The topological polar surface area (TPSA) is 56.7 Å². The van der Waals surface area contributed by atoms with E-state index in [1.807, 2.05) is 6.07 Å². The van der Waals surface area contributed by atoms with Crippen LogP contribution in [0.2, 0.25) is 0 Å². The summed E-state index contributed by atoms with van der Waals surface area (Å²) in [6.45, 7) is 0. The molecule has 0 fully saturated rings. The van der Waals surface area contributed by atoms with Gasteiger partial charge in [-0.15, -0.1) is 5.10 Å². The zero-order valence-corrected chi connectivity index (χ0v) is 11.2. The van der Waals surface area contributed by atoms with Gasteiger partial charge in [0.1, 0.15) is 5.69 Å². The molecular formula is C15H11F3N4. The first-order valence-electron chi connectivity index (χ1n) is 6.41. The highest BCUT2D eigenvalue weighted by atomic mass is 19.4. The normalized spacial score (nSPS) is 11.6. The zero-order valence-electron chi connectivity index (χ0n) is 11.2. The Labute approximate surface area is 124 Å². The van der Waals surface area contributed by atoms with Gasteiger partial charge in [-0.05, 0) is 18.2 Å². The fourth-order valence-electron chi connectivity index (χ4n) is 2.15. The second kappa shape index (κ2) is 5.18. The van der Waals surface area contributed by atoms with Crippen molar-refractivity contribution in [2.24, 2.45) is 0 Å². The summed E-state index contributed by atoms with van der Waals surface area (Å²) in [5.74, 6) is 0.156. The van der Waals surface area contributed by atoms with Gasteiger partial charge < -0.3 is 5.73 Å². The summed E-state index contributed by atoms with van der Waals surface area (Å²) in [5.41, 5.74) is 6.50. The van der Waals surface area contributed by atoms with E-state index in [-0.39, 0.29) is 11.5 Å². The molecule has 3 aromatic rings. The number of nitrogens with two attached hydrogens (primary N) is 1. The van der Waals surface area contributed by atoms with Gasteiger partial charge in [-0.3, -0.25) is 0 Å². The molecule has 0 amide bonds. The minimum atomic E-state index is -4.42. The second-order valence-corrected chi connectivity index (χ2v) is 4.65. The number of nitrogens with zero attached hydrogens (tertiary/aromatic N) is 3. The first-order valence-corrected chi connectivity index (χ1v) is 6.41. The Morgan fingerprint density at radius 3 is 2.36 bits per heavy atom. The van der Waals surface area contributed by atoms with Crippen molar-refractivity contribution >= 4 is 5.82 Å². The third kappa shape index (κ3) is 2.52. The highest BCUT2D eigenvalue weighted by molar-refractivity contribution is 5.71. The molecule has 0 aliphatic carbocycles. The maximum atomic E-state index is 12.8. The van der Waals surface area contributed by atoms with Gasteiger partial charge in [0.15, 0.2) is 5.82 Å². The van der Waals surface area contributed by atoms with E-state index >= 15 is 0 Å². The molecule has 0 radical (unpaired) electrons. The van der Waals surface area contributed by atoms with Crippen LogP contribution in [0.15, 0.2) is 54.6 Å². The number of hydrogen-bond donors (Lipinski definition) is 1. The van der Waals surface area contributed by atoms with Gasteiger partial charge in [0.2, 0.25) is 0 Å². The van der Waals surface area contributed by atoms with Crippen molar-refractivity contribution in [3.05, 3.63) is 60.2 Å². The SMILES string of the molecule is Nc1nnn(-c2cccc(C(F)(F)F)c2)c1-c1ccccc1. The molecule has 0 spiro atoms. The van der Waals surface area contributed by atoms with Crippen LogP contribution in [0.25, 0.3) is 16.9 Å². The minimum absolute atomic E-state index is 0.156. The summed E-state index contributed by atoms with van der Waals surface area (Å²) >= 11 is 0. The van der Waals surface area contributed by atoms with E-state index in [9.17, 15) is 13.2 Å². The number of aromatic nitrogens is 3. The van der Waals surface area contributed by atoms with Gasteiger partial charge in [0.05, 0.1) is 11.3 Å². The maximum Gasteiger partial charge on any atom is 0.416 e. The largest absolute Gasteiger partial charge is 0.416 e. The van der Waals surface area contributed by atoms with Crippen LogP contribution in [-0.4, -0.2) is 15.0 Å². The third-order valence-corrected chi connectivity index (χ3v) is 3.16. The van der Waals surface area contributed by atoms with Gasteiger partial charge in [0, 0.05) is 5.56 Å². The summed E-state index contributed by atoms with van der Waals surface area (Å²) in [6.07, 6.45) is -4.42. The second-order valence-electron chi connectivity index (χ2n) is 4.65. The first-order chi connectivity index (χ1) is 10.5. The first kappa shape index (κ1) is 14.1. The minimum Gasteiger partial charge on any atom is -0.380 e. The molecule has 0 unspecified atom stereocenters. The van der Waals surface area contributed by atoms with E-state index in [0.717, 1.165) is 17.7 Å². The lowest BCUT2D eigenvalue weighted by atomic mass is 10.1. The van der Waals surface area contributed by atoms with Gasteiger partial charge in [-0.25, -0.2) is 4.68 Å². The van der Waals surface area contributed by atoms with Crippen LogP contribution >= 0.6 is 0 Å². The number of hydrogen-bond acceptors (Lipinski definition) is 3. The maximum absolute atomic E-state index is 12.8. The summed E-state index contributed by atoms with van der Waals surface area (Å²) in [6, 6.07) is 13.9. The van der Waals surface area contributed by atoms with Gasteiger partial charge in [-0.2, -0.15) is 13.2 Å². The Morgan fingerprint density at radius 1 is 0.955 bits per heavy atom. The lowest BCUT2D eigenvalue weighted by Gasteiger charge is -2.10. The number of benzene rings is 2. The van der Waals surface area contributed by atoms with Gasteiger partial charge in [-0.1, -0.05) is 41.6 Å². The summed E-state index contributed by atoms with van der Waals surface area (Å²) in [5, 5.41) is 7.63. The van der Waals surface area contributed by atoms with Crippen LogP contribution in [0.4, 0.5) is 19.0 Å². The average Bonchev–Trinajstić information content (AvgIpc) is 2.89. The van der Waals surface area contributed by atoms with Crippen molar-refractivity contribution in [2.75, 3.05) is 5.73 Å². The number of nitrogen functional groups attached to an aromatic ring is 1. The Hall–Kier alpha value is -2.83. The number of rotatable bonds is 2. The van der Waals surface area contributed by atoms with Gasteiger partial charge >= 0.3 is 6.18 Å². The molecule has 1 aromatic heterocycles. The van der Waals surface area contributed by atoms with Crippen molar-refractivity contribution in [3.63, 3.8) is 0 Å². The predicted octanol–water partition coefficient (Wildman–Crippen LogP) is 3.54. The van der Waals surface area contributed by atoms with E-state index < -0.39 is 11.7 Å². The smallest absolute Gasteiger partial charge is 0.380 e. The molecule has 3 rings (SSSR count). The summed E-state index contributed by atoms with van der Waals surface area (Å²) in [4.78, 5) is 0. The number of alkyl halides is 3. The van der Waals surface area contributed by atoms with Crippen LogP contribution in [0, 0.1) is 0 Å². The van der Waals surface area contributed by atoms with E-state index in [1.165, 1.54) is 16.8 Å². The molecule has 4 nitrogen and oxygen atoms in total. The third-order valence-electron chi connectivity index (χ3n) is 3.16. The van der Waals surface area contributed by atoms with Crippen LogP contribution in [0.1, 0.15) is 5.56 Å². The van der Waals surface area contributed by atoms with Crippen molar-refractivity contribution < 1.29 is 13.2 Å². The summed E-state index contributed by atoms with van der Waals surface area (Å²) in [7, 11) is 0. The fraction of sp³-hybridized carbons (Fsp3) is 0.0667. The summed E-state index contributed by atoms with van der Waals surface area (Å²) < 4.78 is 39.8. The molecule has 7 heteroatoms. The molecule has 2 N–H and O–H groups in total.